The number of nitrogens with zero attached hydrogens (tertiary/aromatic N) is 1. The second-order valence-electron chi connectivity index (χ2n) is 8.07. The van der Waals surface area contributed by atoms with Crippen molar-refractivity contribution >= 4 is 39.8 Å². The average molecular weight is 508 g/mol. The lowest BCUT2D eigenvalue weighted by molar-refractivity contribution is 0.415. The van der Waals surface area contributed by atoms with Gasteiger partial charge in [0.2, 0.25) is 0 Å². The van der Waals surface area contributed by atoms with Gasteiger partial charge in [-0.15, -0.1) is 0 Å². The third kappa shape index (κ3) is 4.81. The number of methoxy groups -OCH3 is 1. The fourth-order valence-electron chi connectivity index (χ4n) is 3.80. The van der Waals surface area contributed by atoms with E-state index in [2.05, 4.69) is 10.0 Å². The molecule has 3 aromatic rings. The molecule has 1 fully saturated rings. The van der Waals surface area contributed by atoms with Crippen molar-refractivity contribution in [2.45, 2.75) is 30.9 Å². The molecule has 0 spiro atoms. The largest absolute Gasteiger partial charge is 0.494 e. The summed E-state index contributed by atoms with van der Waals surface area (Å²) in [6, 6.07) is 10.5. The second kappa shape index (κ2) is 9.76. The zero-order valence-corrected chi connectivity index (χ0v) is 20.4. The standard InChI is InChI=1S/C24H24ClF2N3O3S/c1-4-13-5-8-19(18(27)9-13)28-24-23(20(33-3)12-22(31)30(24)2)29-34(32)21-11-16(21)15-7-6-14(25)10-17(15)26/h5-10,12,16,21,28-29H,4,11H2,1-3H3. The summed E-state index contributed by atoms with van der Waals surface area (Å²) in [4.78, 5) is 12.5. The fourth-order valence-corrected chi connectivity index (χ4v) is 5.34. The van der Waals surface area contributed by atoms with E-state index in [1.54, 1.807) is 24.3 Å². The van der Waals surface area contributed by atoms with Gasteiger partial charge in [-0.1, -0.05) is 30.7 Å². The van der Waals surface area contributed by atoms with Gasteiger partial charge in [-0.05, 0) is 48.2 Å². The summed E-state index contributed by atoms with van der Waals surface area (Å²) in [5.74, 6) is -0.818. The van der Waals surface area contributed by atoms with E-state index in [1.165, 1.54) is 36.9 Å². The minimum absolute atomic E-state index is 0.152. The lowest BCUT2D eigenvalue weighted by Crippen LogP contribution is -2.23. The number of benzene rings is 2. The van der Waals surface area contributed by atoms with Gasteiger partial charge in [0.05, 0.1) is 18.0 Å². The van der Waals surface area contributed by atoms with Crippen molar-refractivity contribution < 1.29 is 17.7 Å². The quantitative estimate of drug-likeness (QED) is 0.436. The highest BCUT2D eigenvalue weighted by atomic mass is 35.5. The first-order valence-electron chi connectivity index (χ1n) is 10.7. The Morgan fingerprint density at radius 3 is 2.59 bits per heavy atom. The topological polar surface area (TPSA) is 72.4 Å². The lowest BCUT2D eigenvalue weighted by Gasteiger charge is -2.20. The van der Waals surface area contributed by atoms with Crippen LogP contribution in [0, 0.1) is 11.6 Å². The summed E-state index contributed by atoms with van der Waals surface area (Å²) in [5, 5.41) is 2.87. The van der Waals surface area contributed by atoms with E-state index in [9.17, 15) is 17.8 Å². The van der Waals surface area contributed by atoms with Gasteiger partial charge in [-0.25, -0.2) is 13.0 Å². The normalized spacial score (nSPS) is 17.8. The third-order valence-electron chi connectivity index (χ3n) is 5.89. The molecule has 3 unspecified atom stereocenters. The van der Waals surface area contributed by atoms with Crippen molar-refractivity contribution in [3.8, 4) is 5.75 Å². The van der Waals surface area contributed by atoms with Crippen LogP contribution in [0.5, 0.6) is 5.75 Å². The first-order chi connectivity index (χ1) is 16.2. The summed E-state index contributed by atoms with van der Waals surface area (Å²) in [6.07, 6.45) is 1.19. The molecule has 10 heteroatoms. The highest BCUT2D eigenvalue weighted by Gasteiger charge is 2.45. The Morgan fingerprint density at radius 1 is 1.18 bits per heavy atom. The molecule has 180 valence electrons. The van der Waals surface area contributed by atoms with Crippen LogP contribution in [0.25, 0.3) is 0 Å². The van der Waals surface area contributed by atoms with Crippen LogP contribution < -0.4 is 20.3 Å². The van der Waals surface area contributed by atoms with Gasteiger partial charge in [0.15, 0.2) is 5.75 Å². The first kappa shape index (κ1) is 24.2. The van der Waals surface area contributed by atoms with Crippen molar-refractivity contribution in [1.29, 1.82) is 0 Å². The first-order valence-corrected chi connectivity index (χ1v) is 12.3. The highest BCUT2D eigenvalue weighted by Crippen LogP contribution is 2.47. The molecule has 0 radical (unpaired) electrons. The molecular weight excluding hydrogens is 484 g/mol. The molecule has 1 aliphatic rings. The Hall–Kier alpha value is -2.91. The van der Waals surface area contributed by atoms with Gasteiger partial charge in [0.1, 0.15) is 34.1 Å². The lowest BCUT2D eigenvalue weighted by atomic mass is 10.1. The van der Waals surface area contributed by atoms with Crippen LogP contribution >= 0.6 is 11.6 Å². The number of hydrogen-bond donors (Lipinski definition) is 2. The number of aromatic nitrogens is 1. The van der Waals surface area contributed by atoms with Gasteiger partial charge < -0.3 is 10.1 Å². The molecule has 3 atom stereocenters. The van der Waals surface area contributed by atoms with Crippen LogP contribution in [0.2, 0.25) is 5.02 Å². The van der Waals surface area contributed by atoms with Gasteiger partial charge in [-0.3, -0.25) is 14.1 Å². The molecule has 4 rings (SSSR count). The predicted octanol–water partition coefficient (Wildman–Crippen LogP) is 5.26. The number of anilines is 3. The fraction of sp³-hybridized carbons (Fsp3) is 0.292. The Labute approximate surface area is 203 Å². The Kier molecular flexibility index (Phi) is 6.95. The van der Waals surface area contributed by atoms with Crippen molar-refractivity contribution in [2.75, 3.05) is 17.1 Å². The van der Waals surface area contributed by atoms with Crippen molar-refractivity contribution in [3.63, 3.8) is 0 Å². The van der Waals surface area contributed by atoms with Gasteiger partial charge >= 0.3 is 0 Å². The van der Waals surface area contributed by atoms with Crippen LogP contribution in [-0.2, 0) is 24.5 Å². The van der Waals surface area contributed by atoms with Gasteiger partial charge in [0, 0.05) is 24.1 Å². The summed E-state index contributed by atoms with van der Waals surface area (Å²) < 4.78 is 51.7. The second-order valence-corrected chi connectivity index (χ2v) is 9.91. The SMILES string of the molecule is CCc1ccc(Nc2c(NS(=O)C3CC3c3ccc(Cl)cc3F)c(OC)cc(=O)n2C)c(F)c1. The summed E-state index contributed by atoms with van der Waals surface area (Å²) in [6.45, 7) is 1.92. The van der Waals surface area contributed by atoms with Crippen LogP contribution in [0.4, 0.5) is 26.0 Å². The number of rotatable bonds is 8. The van der Waals surface area contributed by atoms with E-state index in [1.807, 2.05) is 6.92 Å². The Morgan fingerprint density at radius 2 is 1.94 bits per heavy atom. The van der Waals surface area contributed by atoms with E-state index >= 15 is 0 Å². The van der Waals surface area contributed by atoms with E-state index in [-0.39, 0.29) is 34.1 Å². The number of aryl methyl sites for hydroxylation is 1. The van der Waals surface area contributed by atoms with E-state index in [4.69, 9.17) is 16.3 Å². The maximum absolute atomic E-state index is 14.7. The zero-order chi connectivity index (χ0) is 24.6. The predicted molar refractivity (Wildman–Crippen MR) is 132 cm³/mol. The third-order valence-corrected chi connectivity index (χ3v) is 7.60. The van der Waals surface area contributed by atoms with Crippen molar-refractivity contribution in [2.24, 2.45) is 7.05 Å². The van der Waals surface area contributed by atoms with Crippen LogP contribution in [-0.4, -0.2) is 21.1 Å². The molecule has 1 aliphatic carbocycles. The van der Waals surface area contributed by atoms with E-state index in [0.29, 0.717) is 23.4 Å². The number of halogens is 3. The molecule has 6 nitrogen and oxygen atoms in total. The number of ether oxygens (including phenoxy) is 1. The molecule has 2 aromatic carbocycles. The minimum Gasteiger partial charge on any atom is -0.494 e. The number of hydrogen-bond acceptors (Lipinski definition) is 4. The summed E-state index contributed by atoms with van der Waals surface area (Å²) in [7, 11) is 1.25. The minimum atomic E-state index is -1.64. The molecule has 2 N–H and O–H groups in total. The molecule has 0 aliphatic heterocycles. The molecule has 0 bridgehead atoms. The Balaban J connectivity index is 1.64. The molecule has 1 aromatic heterocycles. The maximum Gasteiger partial charge on any atom is 0.255 e. The highest BCUT2D eigenvalue weighted by molar-refractivity contribution is 7.87. The number of pyridine rings is 1. The smallest absolute Gasteiger partial charge is 0.255 e. The average Bonchev–Trinajstić information content (AvgIpc) is 3.60. The van der Waals surface area contributed by atoms with Crippen molar-refractivity contribution in [3.05, 3.63) is 80.6 Å². The number of nitrogens with one attached hydrogen (secondary N) is 2. The summed E-state index contributed by atoms with van der Waals surface area (Å²) in [5.41, 5.74) is 1.28. The van der Waals surface area contributed by atoms with Gasteiger partial charge in [0.25, 0.3) is 5.56 Å². The zero-order valence-electron chi connectivity index (χ0n) is 18.8. The van der Waals surface area contributed by atoms with Crippen molar-refractivity contribution in [1.82, 2.24) is 4.57 Å². The monoisotopic (exact) mass is 507 g/mol. The van der Waals surface area contributed by atoms with E-state index in [0.717, 1.165) is 5.56 Å². The molecule has 0 amide bonds. The molecule has 34 heavy (non-hydrogen) atoms. The molecular formula is C24H24ClF2N3O3S. The van der Waals surface area contributed by atoms with Crippen LogP contribution in [0.1, 0.15) is 30.4 Å². The van der Waals surface area contributed by atoms with Gasteiger partial charge in [-0.2, -0.15) is 0 Å². The maximum atomic E-state index is 14.7. The Bertz CT molecular complexity index is 1330. The van der Waals surface area contributed by atoms with Crippen LogP contribution in [0.15, 0.2) is 47.3 Å². The van der Waals surface area contributed by atoms with E-state index < -0.39 is 28.2 Å². The molecule has 0 saturated heterocycles. The van der Waals surface area contributed by atoms with Crippen LogP contribution in [0.3, 0.4) is 0 Å². The molecule has 1 saturated carbocycles. The summed E-state index contributed by atoms with van der Waals surface area (Å²) >= 11 is 5.83. The molecule has 1 heterocycles.